The maximum Gasteiger partial charge on any atom is 0.265 e. The topological polar surface area (TPSA) is 122 Å². The van der Waals surface area contributed by atoms with Gasteiger partial charge in [-0.05, 0) is 36.8 Å². The molecule has 0 saturated carbocycles. The molecule has 188 valence electrons. The van der Waals surface area contributed by atoms with E-state index in [9.17, 15) is 30.3 Å². The van der Waals surface area contributed by atoms with Crippen molar-refractivity contribution in [1.82, 2.24) is 0 Å². The summed E-state index contributed by atoms with van der Waals surface area (Å²) in [5, 5.41) is 1.93. The first-order chi connectivity index (χ1) is 16.4. The number of benzene rings is 2. The number of anilines is 1. The molecule has 0 aliphatic carbocycles. The van der Waals surface area contributed by atoms with E-state index in [0.717, 1.165) is 20.1 Å². The van der Waals surface area contributed by atoms with Crippen LogP contribution in [0.2, 0.25) is 5.02 Å². The van der Waals surface area contributed by atoms with Crippen LogP contribution in [0.3, 0.4) is 0 Å². The number of aromatic nitrogens is 1. The summed E-state index contributed by atoms with van der Waals surface area (Å²) in [6.45, 7) is 0.434. The molecule has 0 fully saturated rings. The highest BCUT2D eigenvalue weighted by atomic mass is 35.5. The average molecular weight is 578 g/mol. The molecule has 0 unspecified atom stereocenters. The zero-order valence-corrected chi connectivity index (χ0v) is 22.0. The zero-order valence-electron chi connectivity index (χ0n) is 18.0. The molecule has 0 radical (unpaired) electrons. The number of hydrogen-bond donors (Lipinski definition) is 0. The highest BCUT2D eigenvalue weighted by Gasteiger charge is 2.28. The number of hydrogen-bond acceptors (Lipinski definition) is 9. The second-order valence-corrected chi connectivity index (χ2v) is 13.4. The molecule has 4 rings (SSSR count). The summed E-state index contributed by atoms with van der Waals surface area (Å²) in [6, 6.07) is 9.65. The lowest BCUT2D eigenvalue weighted by atomic mass is 10.2. The minimum Gasteiger partial charge on any atom is -0.748 e. The Labute approximate surface area is 215 Å². The second kappa shape index (κ2) is 10.3. The molecule has 2 aromatic carbocycles. The van der Waals surface area contributed by atoms with Crippen LogP contribution in [0.15, 0.2) is 46.3 Å². The van der Waals surface area contributed by atoms with Gasteiger partial charge in [0.1, 0.15) is 10.5 Å². The van der Waals surface area contributed by atoms with Crippen molar-refractivity contribution >= 4 is 76.9 Å². The third-order valence-corrected chi connectivity index (χ3v) is 9.22. The summed E-state index contributed by atoms with van der Waals surface area (Å²) in [7, 11) is -8.76. The molecule has 0 bridgehead atoms. The Balaban J connectivity index is 1.73. The Hall–Kier alpha value is -1.74. The summed E-state index contributed by atoms with van der Waals surface area (Å²) in [5.74, 6) is -1.50. The van der Waals surface area contributed by atoms with Crippen LogP contribution in [0.25, 0.3) is 16.3 Å². The van der Waals surface area contributed by atoms with Crippen LogP contribution >= 0.6 is 34.7 Å². The molecule has 0 N–H and O–H groups in total. The molecule has 35 heavy (non-hydrogen) atoms. The third-order valence-electron chi connectivity index (χ3n) is 5.18. The van der Waals surface area contributed by atoms with Crippen LogP contribution < -0.4 is 9.47 Å². The van der Waals surface area contributed by atoms with Crippen molar-refractivity contribution in [2.24, 2.45) is 0 Å². The minimum atomic E-state index is -4.39. The number of aryl methyl sites for hydroxylation is 1. The highest BCUT2D eigenvalue weighted by molar-refractivity contribution is 8.03. The van der Waals surface area contributed by atoms with E-state index in [2.05, 4.69) is 0 Å². The van der Waals surface area contributed by atoms with Gasteiger partial charge in [-0.25, -0.2) is 21.2 Å². The van der Waals surface area contributed by atoms with Gasteiger partial charge in [-0.2, -0.15) is 4.57 Å². The number of halogens is 2. The van der Waals surface area contributed by atoms with E-state index in [-0.39, 0.29) is 25.9 Å². The molecule has 0 amide bonds. The van der Waals surface area contributed by atoms with E-state index in [1.54, 1.807) is 23.1 Å². The molecule has 14 heteroatoms. The van der Waals surface area contributed by atoms with Gasteiger partial charge in [0.05, 0.1) is 37.0 Å². The lowest BCUT2D eigenvalue weighted by molar-refractivity contribution is -0.668. The lowest BCUT2D eigenvalue weighted by Gasteiger charge is -2.20. The largest absolute Gasteiger partial charge is 0.748 e. The van der Waals surface area contributed by atoms with E-state index in [1.807, 2.05) is 16.7 Å². The van der Waals surface area contributed by atoms with Gasteiger partial charge in [-0.15, -0.1) is 0 Å². The van der Waals surface area contributed by atoms with Gasteiger partial charge in [0.15, 0.2) is 6.54 Å². The Morgan fingerprint density at radius 3 is 2.46 bits per heavy atom. The Morgan fingerprint density at radius 1 is 1.03 bits per heavy atom. The molecule has 1 aliphatic rings. The van der Waals surface area contributed by atoms with Crippen LogP contribution in [0.4, 0.5) is 10.1 Å². The molecule has 0 spiro atoms. The highest BCUT2D eigenvalue weighted by Crippen LogP contribution is 2.47. The summed E-state index contributed by atoms with van der Waals surface area (Å²) in [4.78, 5) is 2.54. The van der Waals surface area contributed by atoms with Gasteiger partial charge in [0.25, 0.3) is 5.01 Å². The van der Waals surface area contributed by atoms with Crippen LogP contribution in [-0.2, 0) is 26.8 Å². The first-order valence-electron chi connectivity index (χ1n) is 10.4. The maximum absolute atomic E-state index is 14.0. The Morgan fingerprint density at radius 2 is 1.74 bits per heavy atom. The van der Waals surface area contributed by atoms with E-state index >= 15 is 0 Å². The summed E-state index contributed by atoms with van der Waals surface area (Å²) in [6.07, 6.45) is 2.01. The predicted molar refractivity (Wildman–Crippen MR) is 133 cm³/mol. The quantitative estimate of drug-likeness (QED) is 0.278. The van der Waals surface area contributed by atoms with Crippen molar-refractivity contribution in [3.05, 3.63) is 57.3 Å². The fourth-order valence-electron chi connectivity index (χ4n) is 3.73. The third kappa shape index (κ3) is 6.73. The fraction of sp³-hybridized carbons (Fsp3) is 0.286. The molecule has 3 aromatic rings. The molecule has 1 aliphatic heterocycles. The van der Waals surface area contributed by atoms with Crippen molar-refractivity contribution in [3.63, 3.8) is 0 Å². The average Bonchev–Trinajstić information content (AvgIpc) is 3.24. The molecular weight excluding hydrogens is 559 g/mol. The SMILES string of the molecule is O=S(=O)([O-])CCCN1/C(=C/c2sc3ccc(Cl)cc3[n+]2CCCS(=O)(=O)[O-])Sc2ccc(F)cc21. The first kappa shape index (κ1) is 26.3. The second-order valence-electron chi connectivity index (χ2n) is 7.78. The number of fused-ring (bicyclic) bond motifs is 2. The molecule has 1 aromatic heterocycles. The van der Waals surface area contributed by atoms with E-state index in [0.29, 0.717) is 15.7 Å². The van der Waals surface area contributed by atoms with Crippen molar-refractivity contribution in [2.75, 3.05) is 23.0 Å². The van der Waals surface area contributed by atoms with Crippen LogP contribution in [0.1, 0.15) is 17.8 Å². The Bertz CT molecular complexity index is 1520. The van der Waals surface area contributed by atoms with E-state index in [1.165, 1.54) is 35.2 Å². The van der Waals surface area contributed by atoms with Gasteiger partial charge in [-0.1, -0.05) is 34.7 Å². The number of nitrogens with zero attached hydrogens (tertiary/aromatic N) is 2. The molecule has 0 saturated heterocycles. The van der Waals surface area contributed by atoms with Gasteiger partial charge in [0.2, 0.25) is 5.52 Å². The lowest BCUT2D eigenvalue weighted by Crippen LogP contribution is -2.36. The van der Waals surface area contributed by atoms with Crippen molar-refractivity contribution in [2.45, 2.75) is 24.3 Å². The monoisotopic (exact) mass is 577 g/mol. The first-order valence-corrected chi connectivity index (χ1v) is 15.5. The van der Waals surface area contributed by atoms with Gasteiger partial charge < -0.3 is 14.0 Å². The fourth-order valence-corrected chi connectivity index (χ4v) is 7.15. The number of thioether (sulfide) groups is 1. The van der Waals surface area contributed by atoms with Gasteiger partial charge in [0, 0.05) is 40.5 Å². The van der Waals surface area contributed by atoms with E-state index in [4.69, 9.17) is 11.6 Å². The normalized spacial score (nSPS) is 15.3. The van der Waals surface area contributed by atoms with Crippen LogP contribution in [0, 0.1) is 5.82 Å². The standard InChI is InChI=1S/C21H20ClFN2O6S4/c22-14-3-5-18-16(11-14)24(7-1-9-34(26,27)28)20(32-18)13-21-25(8-2-10-35(29,30)31)17-12-15(23)4-6-19(17)33-21/h3-6,11-13H,1-2,7-10H2,(H-,26,27,28,29,30,31)/p-1. The van der Waals surface area contributed by atoms with Crippen LogP contribution in [0.5, 0.6) is 0 Å². The molecular formula is C21H19ClFN2O6S4-. The Kier molecular flexibility index (Phi) is 7.77. The number of thiazole rings is 1. The number of rotatable bonds is 9. The minimum absolute atomic E-state index is 0.0586. The predicted octanol–water partition coefficient (Wildman–Crippen LogP) is 3.76. The van der Waals surface area contributed by atoms with Gasteiger partial charge in [-0.3, -0.25) is 0 Å². The summed E-state index contributed by atoms with van der Waals surface area (Å²) in [5.41, 5.74) is 1.34. The molecule has 0 atom stereocenters. The molecule has 2 heterocycles. The maximum atomic E-state index is 14.0. The van der Waals surface area contributed by atoms with Gasteiger partial charge >= 0.3 is 0 Å². The van der Waals surface area contributed by atoms with Crippen LogP contribution in [-0.4, -0.2) is 44.0 Å². The van der Waals surface area contributed by atoms with E-state index < -0.39 is 37.6 Å². The summed E-state index contributed by atoms with van der Waals surface area (Å²) >= 11 is 8.98. The molecule has 8 nitrogen and oxygen atoms in total. The van der Waals surface area contributed by atoms with Crippen molar-refractivity contribution in [3.8, 4) is 0 Å². The van der Waals surface area contributed by atoms with Crippen molar-refractivity contribution in [1.29, 1.82) is 0 Å². The summed E-state index contributed by atoms with van der Waals surface area (Å²) < 4.78 is 83.3. The van der Waals surface area contributed by atoms with Crippen molar-refractivity contribution < 1.29 is 34.9 Å². The zero-order chi connectivity index (χ0) is 25.4. The smallest absolute Gasteiger partial charge is 0.265 e.